The Morgan fingerprint density at radius 2 is 1.72 bits per heavy atom. The average Bonchev–Trinajstić information content (AvgIpc) is 3.04. The van der Waals surface area contributed by atoms with Crippen LogP contribution in [0.25, 0.3) is 0 Å². The summed E-state index contributed by atoms with van der Waals surface area (Å²) in [5.41, 5.74) is 3.40. The molecule has 0 radical (unpaired) electrons. The van der Waals surface area contributed by atoms with Crippen molar-refractivity contribution >= 4 is 34.8 Å². The van der Waals surface area contributed by atoms with E-state index in [1.165, 1.54) is 12.1 Å². The van der Waals surface area contributed by atoms with Crippen LogP contribution in [0.3, 0.4) is 0 Å². The summed E-state index contributed by atoms with van der Waals surface area (Å²) in [7, 11) is 0. The van der Waals surface area contributed by atoms with Crippen molar-refractivity contribution in [3.63, 3.8) is 0 Å². The molecule has 0 N–H and O–H groups in total. The van der Waals surface area contributed by atoms with Crippen molar-refractivity contribution in [2.75, 3.05) is 31.1 Å². The molecule has 0 atom stereocenters. The molecule has 2 aliphatic rings. The van der Waals surface area contributed by atoms with Gasteiger partial charge in [0, 0.05) is 58.5 Å². The first-order chi connectivity index (χ1) is 17.3. The van der Waals surface area contributed by atoms with Gasteiger partial charge in [-0.3, -0.25) is 9.79 Å². The highest BCUT2D eigenvalue weighted by atomic mass is 32.2. The van der Waals surface area contributed by atoms with Gasteiger partial charge in [-0.1, -0.05) is 49.4 Å². The molecule has 36 heavy (non-hydrogen) atoms. The minimum absolute atomic E-state index is 0.0829. The summed E-state index contributed by atoms with van der Waals surface area (Å²) >= 11 is 1.66. The number of alkyl halides is 3. The summed E-state index contributed by atoms with van der Waals surface area (Å²) in [5, 5.41) is 0. The van der Waals surface area contributed by atoms with Gasteiger partial charge >= 0.3 is 6.18 Å². The average molecular weight is 510 g/mol. The summed E-state index contributed by atoms with van der Waals surface area (Å²) in [4.78, 5) is 24.1. The fourth-order valence-electron chi connectivity index (χ4n) is 4.60. The van der Waals surface area contributed by atoms with Crippen molar-refractivity contribution in [3.05, 3.63) is 83.4 Å². The second-order valence-corrected chi connectivity index (χ2v) is 10.0. The maximum Gasteiger partial charge on any atom is 0.416 e. The Balaban J connectivity index is 1.33. The van der Waals surface area contributed by atoms with Crippen LogP contribution < -0.4 is 4.90 Å². The van der Waals surface area contributed by atoms with Crippen molar-refractivity contribution in [2.24, 2.45) is 4.99 Å². The Kier molecular flexibility index (Phi) is 6.79. The first-order valence-electron chi connectivity index (χ1n) is 12.0. The summed E-state index contributed by atoms with van der Waals surface area (Å²) in [6.07, 6.45) is -2.55. The standard InChI is InChI=1S/C28H26F3N3OS/c1-2-6-23-22-9-3-4-10-25(22)36-26-12-11-19(17-24(26)32-23)27(35)34-15-13-33(14-16-34)21-8-5-7-20(18-21)28(29,30)31/h3-5,7-12,17-18H,2,6,13-16H2,1H3. The van der Waals surface area contributed by atoms with Gasteiger partial charge in [0.1, 0.15) is 0 Å². The molecule has 0 saturated carbocycles. The van der Waals surface area contributed by atoms with E-state index >= 15 is 0 Å². The first kappa shape index (κ1) is 24.4. The van der Waals surface area contributed by atoms with Gasteiger partial charge in [0.15, 0.2) is 0 Å². The van der Waals surface area contributed by atoms with Gasteiger partial charge in [-0.05, 0) is 48.9 Å². The largest absolute Gasteiger partial charge is 0.416 e. The van der Waals surface area contributed by atoms with Gasteiger partial charge in [0.2, 0.25) is 0 Å². The zero-order chi connectivity index (χ0) is 25.3. The molecular formula is C28H26F3N3OS. The Morgan fingerprint density at radius 3 is 2.47 bits per heavy atom. The molecule has 0 spiro atoms. The number of rotatable bonds is 4. The molecule has 2 heterocycles. The molecule has 0 unspecified atom stereocenters. The third kappa shape index (κ3) is 5.00. The van der Waals surface area contributed by atoms with E-state index in [-0.39, 0.29) is 5.91 Å². The monoisotopic (exact) mass is 509 g/mol. The maximum absolute atomic E-state index is 13.3. The van der Waals surface area contributed by atoms with Gasteiger partial charge in [-0.2, -0.15) is 13.2 Å². The minimum atomic E-state index is -4.38. The third-order valence-electron chi connectivity index (χ3n) is 6.47. The van der Waals surface area contributed by atoms with E-state index in [1.54, 1.807) is 22.7 Å². The first-order valence-corrected chi connectivity index (χ1v) is 12.9. The number of anilines is 1. The van der Waals surface area contributed by atoms with Gasteiger partial charge in [-0.15, -0.1) is 0 Å². The lowest BCUT2D eigenvalue weighted by Crippen LogP contribution is -2.48. The van der Waals surface area contributed by atoms with Crippen molar-refractivity contribution in [1.29, 1.82) is 0 Å². The lowest BCUT2D eigenvalue weighted by molar-refractivity contribution is -0.137. The van der Waals surface area contributed by atoms with E-state index in [2.05, 4.69) is 19.1 Å². The molecule has 2 aliphatic heterocycles. The minimum Gasteiger partial charge on any atom is -0.368 e. The zero-order valence-corrected chi connectivity index (χ0v) is 20.7. The Hall–Kier alpha value is -3.26. The molecule has 1 amide bonds. The number of hydrogen-bond donors (Lipinski definition) is 0. The fraction of sp³-hybridized carbons (Fsp3) is 0.286. The molecule has 1 saturated heterocycles. The van der Waals surface area contributed by atoms with Crippen LogP contribution in [0.5, 0.6) is 0 Å². The van der Waals surface area contributed by atoms with Gasteiger partial charge in [0.25, 0.3) is 5.91 Å². The molecule has 0 aliphatic carbocycles. The number of carbonyl (C=O) groups excluding carboxylic acids is 1. The molecule has 5 rings (SSSR count). The quantitative estimate of drug-likeness (QED) is 0.378. The van der Waals surface area contributed by atoms with Crippen LogP contribution in [-0.4, -0.2) is 42.7 Å². The fourth-order valence-corrected chi connectivity index (χ4v) is 5.62. The maximum atomic E-state index is 13.3. The SMILES string of the molecule is CCCC1=Nc2cc(C(=O)N3CCN(c4cccc(C(F)(F)F)c4)CC3)ccc2Sc2ccccc21. The lowest BCUT2D eigenvalue weighted by Gasteiger charge is -2.36. The second kappa shape index (κ2) is 10.0. The van der Waals surface area contributed by atoms with Crippen LogP contribution in [0.1, 0.15) is 41.3 Å². The van der Waals surface area contributed by atoms with E-state index in [0.29, 0.717) is 37.4 Å². The van der Waals surface area contributed by atoms with Crippen LogP contribution in [0.15, 0.2) is 81.5 Å². The van der Waals surface area contributed by atoms with Crippen molar-refractivity contribution in [1.82, 2.24) is 4.90 Å². The smallest absolute Gasteiger partial charge is 0.368 e. The predicted molar refractivity (Wildman–Crippen MR) is 138 cm³/mol. The molecule has 0 bridgehead atoms. The summed E-state index contributed by atoms with van der Waals surface area (Å²) in [6, 6.07) is 19.3. The molecule has 1 fully saturated rings. The Bertz CT molecular complexity index is 1310. The number of fused-ring (bicyclic) bond motifs is 2. The Labute approximate surface area is 212 Å². The van der Waals surface area contributed by atoms with E-state index in [9.17, 15) is 18.0 Å². The van der Waals surface area contributed by atoms with E-state index in [4.69, 9.17) is 4.99 Å². The molecule has 0 aromatic heterocycles. The lowest BCUT2D eigenvalue weighted by atomic mass is 10.1. The number of hydrogen-bond acceptors (Lipinski definition) is 4. The van der Waals surface area contributed by atoms with Crippen LogP contribution >= 0.6 is 11.8 Å². The molecule has 186 valence electrons. The highest BCUT2D eigenvalue weighted by molar-refractivity contribution is 7.99. The topological polar surface area (TPSA) is 35.9 Å². The number of amides is 1. The summed E-state index contributed by atoms with van der Waals surface area (Å²) < 4.78 is 39.3. The highest BCUT2D eigenvalue weighted by Gasteiger charge is 2.31. The summed E-state index contributed by atoms with van der Waals surface area (Å²) in [6.45, 7) is 3.96. The van der Waals surface area contributed by atoms with Crippen LogP contribution in [0.2, 0.25) is 0 Å². The van der Waals surface area contributed by atoms with Crippen molar-refractivity contribution in [2.45, 2.75) is 35.7 Å². The van der Waals surface area contributed by atoms with Crippen LogP contribution in [0.4, 0.5) is 24.5 Å². The van der Waals surface area contributed by atoms with Crippen molar-refractivity contribution in [3.8, 4) is 0 Å². The van der Waals surface area contributed by atoms with E-state index in [0.717, 1.165) is 45.7 Å². The molecule has 3 aromatic carbocycles. The number of nitrogens with zero attached hydrogens (tertiary/aromatic N) is 3. The zero-order valence-electron chi connectivity index (χ0n) is 19.9. The van der Waals surface area contributed by atoms with Crippen LogP contribution in [0, 0.1) is 0 Å². The van der Waals surface area contributed by atoms with Gasteiger partial charge in [-0.25, -0.2) is 0 Å². The molecular weight excluding hydrogens is 483 g/mol. The third-order valence-corrected chi connectivity index (χ3v) is 7.61. The van der Waals surface area contributed by atoms with Gasteiger partial charge < -0.3 is 9.80 Å². The molecule has 8 heteroatoms. The second-order valence-electron chi connectivity index (χ2n) is 8.92. The molecule has 3 aromatic rings. The number of benzene rings is 3. The summed E-state index contributed by atoms with van der Waals surface area (Å²) in [5.74, 6) is -0.0829. The van der Waals surface area contributed by atoms with Gasteiger partial charge in [0.05, 0.1) is 11.3 Å². The van der Waals surface area contributed by atoms with Crippen molar-refractivity contribution < 1.29 is 18.0 Å². The normalized spacial score (nSPS) is 15.6. The number of aliphatic imine (C=N–C) groups is 1. The van der Waals surface area contributed by atoms with E-state index in [1.807, 2.05) is 35.2 Å². The number of halogens is 3. The molecule has 4 nitrogen and oxygen atoms in total. The number of carbonyl (C=O) groups is 1. The van der Waals surface area contributed by atoms with E-state index < -0.39 is 11.7 Å². The Morgan fingerprint density at radius 1 is 0.944 bits per heavy atom. The van der Waals surface area contributed by atoms with Crippen LogP contribution in [-0.2, 0) is 6.18 Å². The number of piperazine rings is 1. The predicted octanol–water partition coefficient (Wildman–Crippen LogP) is 7.05. The highest BCUT2D eigenvalue weighted by Crippen LogP contribution is 2.41.